The quantitative estimate of drug-likeness (QED) is 0.506. The lowest BCUT2D eigenvalue weighted by Gasteiger charge is -2.23. The van der Waals surface area contributed by atoms with E-state index in [0.717, 1.165) is 46.4 Å². The number of carbonyl (C=O) groups excluding carboxylic acids is 1. The van der Waals surface area contributed by atoms with E-state index in [1.54, 1.807) is 7.11 Å². The molecule has 0 bridgehead atoms. The van der Waals surface area contributed by atoms with Gasteiger partial charge in [-0.15, -0.1) is 0 Å². The van der Waals surface area contributed by atoms with Crippen LogP contribution in [0.1, 0.15) is 47.7 Å². The zero-order valence-corrected chi connectivity index (χ0v) is 19.2. The maximum atomic E-state index is 13.2. The molecule has 1 heterocycles. The van der Waals surface area contributed by atoms with Gasteiger partial charge in [0.15, 0.2) is 0 Å². The Balaban J connectivity index is 0.00000204. The summed E-state index contributed by atoms with van der Waals surface area (Å²) in [6.45, 7) is 6.39. The Morgan fingerprint density at radius 1 is 1.22 bits per heavy atom. The zero-order chi connectivity index (χ0) is 23.1. The molecule has 6 nitrogen and oxygen atoms in total. The van der Waals surface area contributed by atoms with Gasteiger partial charge in [0.05, 0.1) is 31.8 Å². The van der Waals surface area contributed by atoms with Gasteiger partial charge < -0.3 is 24.8 Å². The molecule has 0 radical (unpaired) electrons. The molecular weight excluding hydrogens is 404 g/mol. The second kappa shape index (κ2) is 8.26. The predicted molar refractivity (Wildman–Crippen MR) is 130 cm³/mol. The molecule has 32 heavy (non-hydrogen) atoms. The van der Waals surface area contributed by atoms with Crippen molar-refractivity contribution in [1.29, 1.82) is 0 Å². The number of carbonyl (C=O) groups is 1. The first-order chi connectivity index (χ1) is 15.2. The lowest BCUT2D eigenvalue weighted by atomic mass is 9.92. The SMILES string of the molecule is COc1cccc(C2(C(=O)Nc3ccc4c(c3)cc(C(C)(C)C)n4C[C@@H](O)CO)CC2)c1.[HH].[HH]. The molecule has 3 aromatic rings. The summed E-state index contributed by atoms with van der Waals surface area (Å²) in [6, 6.07) is 15.7. The molecule has 1 amide bonds. The fourth-order valence-electron chi connectivity index (χ4n) is 4.38. The van der Waals surface area contributed by atoms with Gasteiger partial charge >= 0.3 is 0 Å². The number of nitrogens with one attached hydrogen (secondary N) is 1. The molecule has 3 N–H and O–H groups in total. The van der Waals surface area contributed by atoms with Gasteiger partial charge in [-0.05, 0) is 54.8 Å². The second-order valence-electron chi connectivity index (χ2n) is 9.77. The fraction of sp³-hybridized carbons (Fsp3) is 0.423. The second-order valence-corrected chi connectivity index (χ2v) is 9.77. The van der Waals surface area contributed by atoms with Crippen LogP contribution in [-0.2, 0) is 22.2 Å². The van der Waals surface area contributed by atoms with Gasteiger partial charge in [-0.1, -0.05) is 32.9 Å². The van der Waals surface area contributed by atoms with Crippen LogP contribution in [-0.4, -0.2) is 40.5 Å². The first kappa shape index (κ1) is 22.4. The third-order valence-corrected chi connectivity index (χ3v) is 6.34. The van der Waals surface area contributed by atoms with E-state index < -0.39 is 11.5 Å². The first-order valence-electron chi connectivity index (χ1n) is 11.1. The summed E-state index contributed by atoms with van der Waals surface area (Å²) in [5, 5.41) is 23.5. The van der Waals surface area contributed by atoms with Crippen molar-refractivity contribution >= 4 is 22.5 Å². The summed E-state index contributed by atoms with van der Waals surface area (Å²) >= 11 is 0. The lowest BCUT2D eigenvalue weighted by Crippen LogP contribution is -2.27. The Bertz CT molecular complexity index is 1150. The molecule has 1 atom stereocenters. The molecule has 6 heteroatoms. The smallest absolute Gasteiger partial charge is 0.235 e. The van der Waals surface area contributed by atoms with Crippen molar-refractivity contribution in [2.75, 3.05) is 19.0 Å². The van der Waals surface area contributed by atoms with E-state index >= 15 is 0 Å². The van der Waals surface area contributed by atoms with Crippen molar-refractivity contribution in [2.24, 2.45) is 0 Å². The van der Waals surface area contributed by atoms with Crippen molar-refractivity contribution in [3.63, 3.8) is 0 Å². The Labute approximate surface area is 191 Å². The number of rotatable bonds is 7. The van der Waals surface area contributed by atoms with Gasteiger partial charge in [0.2, 0.25) is 5.91 Å². The highest BCUT2D eigenvalue weighted by molar-refractivity contribution is 6.02. The highest BCUT2D eigenvalue weighted by Gasteiger charge is 2.51. The standard InChI is InChI=1S/C26H32N2O4.2H2/c1-25(2,3)23-13-17-12-19(8-9-22(17)28(23)15-20(30)16-29)27-24(31)26(10-11-26)18-6-5-7-21(14-18)32-4;;/h5-9,12-14,20,29-30H,10-11,15-16H2,1-4H3,(H,27,31);2*1H/t20-;;/m1../s1. The van der Waals surface area contributed by atoms with Crippen molar-refractivity contribution in [3.05, 3.63) is 59.8 Å². The third-order valence-electron chi connectivity index (χ3n) is 6.34. The van der Waals surface area contributed by atoms with E-state index in [4.69, 9.17) is 4.74 Å². The van der Waals surface area contributed by atoms with Gasteiger partial charge in [0, 0.05) is 30.6 Å². The maximum absolute atomic E-state index is 13.2. The fourth-order valence-corrected chi connectivity index (χ4v) is 4.38. The number of aliphatic hydroxyl groups is 2. The Hall–Kier alpha value is -2.83. The summed E-state index contributed by atoms with van der Waals surface area (Å²) in [5.74, 6) is 0.750. The van der Waals surface area contributed by atoms with Gasteiger partial charge in [-0.3, -0.25) is 4.79 Å². The highest BCUT2D eigenvalue weighted by atomic mass is 16.5. The van der Waals surface area contributed by atoms with Gasteiger partial charge in [0.1, 0.15) is 5.75 Å². The van der Waals surface area contributed by atoms with Crippen LogP contribution in [0.4, 0.5) is 5.69 Å². The normalized spacial score (nSPS) is 16.1. The van der Waals surface area contributed by atoms with Crippen molar-refractivity contribution in [2.45, 2.75) is 57.1 Å². The number of ether oxygens (including phenoxy) is 1. The minimum absolute atomic E-state index is 0. The Kier molecular flexibility index (Phi) is 5.77. The molecule has 1 aliphatic carbocycles. The number of aromatic nitrogens is 1. The molecule has 0 spiro atoms. The third kappa shape index (κ3) is 4.12. The monoisotopic (exact) mass is 440 g/mol. The molecule has 2 aromatic carbocycles. The number of benzene rings is 2. The van der Waals surface area contributed by atoms with Crippen molar-refractivity contribution in [3.8, 4) is 5.75 Å². The van der Waals surface area contributed by atoms with Crippen LogP contribution in [0.2, 0.25) is 0 Å². The van der Waals surface area contributed by atoms with Gasteiger partial charge in [0.25, 0.3) is 0 Å². The Morgan fingerprint density at radius 2 is 1.97 bits per heavy atom. The number of amides is 1. The van der Waals surface area contributed by atoms with Gasteiger partial charge in [-0.25, -0.2) is 0 Å². The summed E-state index contributed by atoms with van der Waals surface area (Å²) < 4.78 is 7.39. The van der Waals surface area contributed by atoms with Crippen molar-refractivity contribution in [1.82, 2.24) is 4.57 Å². The molecule has 1 fully saturated rings. The first-order valence-corrected chi connectivity index (χ1v) is 11.1. The average Bonchev–Trinajstić information content (AvgIpc) is 3.50. The summed E-state index contributed by atoms with van der Waals surface area (Å²) in [5.41, 5.74) is 3.12. The largest absolute Gasteiger partial charge is 0.497 e. The molecule has 0 saturated heterocycles. The number of methoxy groups -OCH3 is 1. The molecule has 174 valence electrons. The van der Waals surface area contributed by atoms with Crippen LogP contribution >= 0.6 is 0 Å². The van der Waals surface area contributed by atoms with Crippen LogP contribution in [0.3, 0.4) is 0 Å². The molecule has 0 aliphatic heterocycles. The topological polar surface area (TPSA) is 83.7 Å². The van der Waals surface area contributed by atoms with Crippen LogP contribution in [0, 0.1) is 0 Å². The molecule has 1 aromatic heterocycles. The molecular formula is C26H36N2O4. The zero-order valence-electron chi connectivity index (χ0n) is 19.2. The molecule has 4 rings (SSSR count). The van der Waals surface area contributed by atoms with Crippen molar-refractivity contribution < 1.29 is 22.6 Å². The lowest BCUT2D eigenvalue weighted by molar-refractivity contribution is -0.118. The molecule has 0 unspecified atom stereocenters. The van der Waals surface area contributed by atoms with Crippen LogP contribution in [0.5, 0.6) is 5.75 Å². The summed E-state index contributed by atoms with van der Waals surface area (Å²) in [4.78, 5) is 13.2. The van der Waals surface area contributed by atoms with E-state index in [1.807, 2.05) is 42.5 Å². The molecule has 1 saturated carbocycles. The predicted octanol–water partition coefficient (Wildman–Crippen LogP) is 4.46. The number of nitrogens with zero attached hydrogens (tertiary/aromatic N) is 1. The molecule has 1 aliphatic rings. The maximum Gasteiger partial charge on any atom is 0.235 e. The number of hydrogen-bond donors (Lipinski definition) is 3. The van der Waals surface area contributed by atoms with E-state index in [9.17, 15) is 15.0 Å². The van der Waals surface area contributed by atoms with Crippen LogP contribution in [0.15, 0.2) is 48.5 Å². The van der Waals surface area contributed by atoms with Crippen LogP contribution in [0.25, 0.3) is 10.9 Å². The highest BCUT2D eigenvalue weighted by Crippen LogP contribution is 2.49. The van der Waals surface area contributed by atoms with E-state index in [1.165, 1.54) is 0 Å². The number of hydrogen-bond acceptors (Lipinski definition) is 4. The minimum Gasteiger partial charge on any atom is -0.497 e. The number of aliphatic hydroxyl groups excluding tert-OH is 2. The Morgan fingerprint density at radius 3 is 2.59 bits per heavy atom. The summed E-state index contributed by atoms with van der Waals surface area (Å²) in [6.07, 6.45) is 0.805. The summed E-state index contributed by atoms with van der Waals surface area (Å²) in [7, 11) is 1.63. The van der Waals surface area contributed by atoms with Gasteiger partial charge in [-0.2, -0.15) is 0 Å². The minimum atomic E-state index is -0.830. The number of anilines is 1. The van der Waals surface area contributed by atoms with E-state index in [-0.39, 0.29) is 20.8 Å². The average molecular weight is 441 g/mol. The van der Waals surface area contributed by atoms with E-state index in [0.29, 0.717) is 6.54 Å². The number of fused-ring (bicyclic) bond motifs is 1. The van der Waals surface area contributed by atoms with Crippen LogP contribution < -0.4 is 10.1 Å². The van der Waals surface area contributed by atoms with E-state index in [2.05, 4.69) is 36.7 Å².